The molecular weight excluding hydrogens is 222 g/mol. The van der Waals surface area contributed by atoms with Crippen molar-refractivity contribution in [3.8, 4) is 11.1 Å². The molecule has 0 aromatic heterocycles. The highest BCUT2D eigenvalue weighted by molar-refractivity contribution is 5.65. The van der Waals surface area contributed by atoms with Crippen molar-refractivity contribution in [3.63, 3.8) is 0 Å². The maximum absolute atomic E-state index is 6.17. The summed E-state index contributed by atoms with van der Waals surface area (Å²) in [6, 6.07) is 17.0. The SMILES string of the molecule is NC1COCCc2ccc(-c3ccccc3)cc21. The first-order valence-corrected chi connectivity index (χ1v) is 6.36. The molecule has 2 aromatic carbocycles. The van der Waals surface area contributed by atoms with Gasteiger partial charge in [0.2, 0.25) is 0 Å². The van der Waals surface area contributed by atoms with Crippen LogP contribution in [0, 0.1) is 0 Å². The van der Waals surface area contributed by atoms with Crippen LogP contribution in [0.4, 0.5) is 0 Å². The fraction of sp³-hybridized carbons (Fsp3) is 0.250. The molecule has 2 heteroatoms. The van der Waals surface area contributed by atoms with Gasteiger partial charge in [0.15, 0.2) is 0 Å². The molecule has 0 fully saturated rings. The number of benzene rings is 2. The van der Waals surface area contributed by atoms with Crippen molar-refractivity contribution in [1.29, 1.82) is 0 Å². The molecule has 0 radical (unpaired) electrons. The Labute approximate surface area is 107 Å². The number of hydrogen-bond acceptors (Lipinski definition) is 2. The van der Waals surface area contributed by atoms with Gasteiger partial charge in [-0.05, 0) is 34.7 Å². The molecule has 18 heavy (non-hydrogen) atoms. The summed E-state index contributed by atoms with van der Waals surface area (Å²) in [5, 5.41) is 0. The van der Waals surface area contributed by atoms with E-state index < -0.39 is 0 Å². The van der Waals surface area contributed by atoms with E-state index in [2.05, 4.69) is 42.5 Å². The zero-order chi connectivity index (χ0) is 12.4. The van der Waals surface area contributed by atoms with Gasteiger partial charge in [-0.15, -0.1) is 0 Å². The van der Waals surface area contributed by atoms with Crippen LogP contribution in [0.2, 0.25) is 0 Å². The summed E-state index contributed by atoms with van der Waals surface area (Å²) >= 11 is 0. The summed E-state index contributed by atoms with van der Waals surface area (Å²) in [5.41, 5.74) is 11.2. The Bertz CT molecular complexity index is 536. The molecule has 0 aliphatic carbocycles. The van der Waals surface area contributed by atoms with Crippen LogP contribution in [0.25, 0.3) is 11.1 Å². The lowest BCUT2D eigenvalue weighted by Gasteiger charge is -2.13. The molecular formula is C16H17NO. The van der Waals surface area contributed by atoms with Crippen LogP contribution in [-0.4, -0.2) is 13.2 Å². The maximum Gasteiger partial charge on any atom is 0.0659 e. The van der Waals surface area contributed by atoms with Gasteiger partial charge in [-0.1, -0.05) is 42.5 Å². The molecule has 0 saturated carbocycles. The Morgan fingerprint density at radius 2 is 1.83 bits per heavy atom. The molecule has 2 aromatic rings. The first-order valence-electron chi connectivity index (χ1n) is 6.36. The fourth-order valence-electron chi connectivity index (χ4n) is 2.46. The minimum absolute atomic E-state index is 0.00818. The molecule has 0 saturated heterocycles. The minimum atomic E-state index is -0.00818. The van der Waals surface area contributed by atoms with Gasteiger partial charge in [0.25, 0.3) is 0 Å². The third kappa shape index (κ3) is 2.17. The lowest BCUT2D eigenvalue weighted by molar-refractivity contribution is 0.131. The number of fused-ring (bicyclic) bond motifs is 1. The molecule has 2 N–H and O–H groups in total. The minimum Gasteiger partial charge on any atom is -0.379 e. The van der Waals surface area contributed by atoms with Crippen LogP contribution in [-0.2, 0) is 11.2 Å². The topological polar surface area (TPSA) is 35.2 Å². The standard InChI is InChI=1S/C16H17NO/c17-16-11-18-9-8-13-6-7-14(10-15(13)16)12-4-2-1-3-5-12/h1-7,10,16H,8-9,11,17H2. The molecule has 1 aliphatic heterocycles. The smallest absolute Gasteiger partial charge is 0.0659 e. The van der Waals surface area contributed by atoms with Crippen molar-refractivity contribution in [2.45, 2.75) is 12.5 Å². The van der Waals surface area contributed by atoms with Gasteiger partial charge in [0.05, 0.1) is 19.3 Å². The predicted octanol–water partition coefficient (Wildman–Crippen LogP) is 2.93. The average molecular weight is 239 g/mol. The summed E-state index contributed by atoms with van der Waals surface area (Å²) < 4.78 is 5.51. The van der Waals surface area contributed by atoms with E-state index in [1.165, 1.54) is 22.3 Å². The zero-order valence-electron chi connectivity index (χ0n) is 10.3. The largest absolute Gasteiger partial charge is 0.379 e. The third-order valence-electron chi connectivity index (χ3n) is 3.47. The quantitative estimate of drug-likeness (QED) is 0.830. The Hall–Kier alpha value is -1.64. The van der Waals surface area contributed by atoms with Crippen LogP contribution in [0.15, 0.2) is 48.5 Å². The molecule has 92 valence electrons. The summed E-state index contributed by atoms with van der Waals surface area (Å²) in [5.74, 6) is 0. The molecule has 1 heterocycles. The first kappa shape index (κ1) is 11.5. The summed E-state index contributed by atoms with van der Waals surface area (Å²) in [7, 11) is 0. The normalized spacial score (nSPS) is 19.1. The van der Waals surface area contributed by atoms with E-state index in [0.717, 1.165) is 13.0 Å². The molecule has 0 spiro atoms. The predicted molar refractivity (Wildman–Crippen MR) is 73.3 cm³/mol. The summed E-state index contributed by atoms with van der Waals surface area (Å²) in [4.78, 5) is 0. The van der Waals surface area contributed by atoms with Crippen molar-refractivity contribution >= 4 is 0 Å². The van der Waals surface area contributed by atoms with Gasteiger partial charge >= 0.3 is 0 Å². The highest BCUT2D eigenvalue weighted by Gasteiger charge is 2.16. The van der Waals surface area contributed by atoms with E-state index in [9.17, 15) is 0 Å². The lowest BCUT2D eigenvalue weighted by Crippen LogP contribution is -2.15. The van der Waals surface area contributed by atoms with E-state index in [0.29, 0.717) is 6.61 Å². The Balaban J connectivity index is 2.04. The molecule has 0 amide bonds. The zero-order valence-corrected chi connectivity index (χ0v) is 10.3. The van der Waals surface area contributed by atoms with Gasteiger partial charge in [-0.25, -0.2) is 0 Å². The van der Waals surface area contributed by atoms with Crippen LogP contribution in [0.5, 0.6) is 0 Å². The van der Waals surface area contributed by atoms with E-state index in [1.54, 1.807) is 0 Å². The van der Waals surface area contributed by atoms with E-state index in [-0.39, 0.29) is 6.04 Å². The number of rotatable bonds is 1. The molecule has 3 rings (SSSR count). The average Bonchev–Trinajstić information content (AvgIpc) is 2.62. The fourth-order valence-corrected chi connectivity index (χ4v) is 2.46. The highest BCUT2D eigenvalue weighted by atomic mass is 16.5. The number of nitrogens with two attached hydrogens (primary N) is 1. The van der Waals surface area contributed by atoms with Crippen LogP contribution in [0.3, 0.4) is 0 Å². The first-order chi connectivity index (χ1) is 8.84. The van der Waals surface area contributed by atoms with Crippen LogP contribution >= 0.6 is 0 Å². The monoisotopic (exact) mass is 239 g/mol. The van der Waals surface area contributed by atoms with Crippen molar-refractivity contribution in [2.75, 3.05) is 13.2 Å². The summed E-state index contributed by atoms with van der Waals surface area (Å²) in [6.07, 6.45) is 0.956. The van der Waals surface area contributed by atoms with Gasteiger partial charge in [-0.2, -0.15) is 0 Å². The van der Waals surface area contributed by atoms with Crippen molar-refractivity contribution in [1.82, 2.24) is 0 Å². The van der Waals surface area contributed by atoms with Crippen molar-refractivity contribution in [2.24, 2.45) is 5.73 Å². The van der Waals surface area contributed by atoms with E-state index in [1.807, 2.05) is 6.07 Å². The van der Waals surface area contributed by atoms with E-state index >= 15 is 0 Å². The summed E-state index contributed by atoms with van der Waals surface area (Å²) in [6.45, 7) is 1.39. The van der Waals surface area contributed by atoms with Gasteiger partial charge in [0, 0.05) is 0 Å². The molecule has 1 aliphatic rings. The maximum atomic E-state index is 6.17. The molecule has 0 bridgehead atoms. The molecule has 1 atom stereocenters. The second-order valence-electron chi connectivity index (χ2n) is 4.71. The van der Waals surface area contributed by atoms with Crippen molar-refractivity contribution < 1.29 is 4.74 Å². The second-order valence-corrected chi connectivity index (χ2v) is 4.71. The van der Waals surface area contributed by atoms with E-state index in [4.69, 9.17) is 10.5 Å². The third-order valence-corrected chi connectivity index (χ3v) is 3.47. The van der Waals surface area contributed by atoms with Crippen LogP contribution < -0.4 is 5.73 Å². The second kappa shape index (κ2) is 4.92. The van der Waals surface area contributed by atoms with Crippen molar-refractivity contribution in [3.05, 3.63) is 59.7 Å². The number of hydrogen-bond donors (Lipinski definition) is 1. The Morgan fingerprint density at radius 1 is 1.00 bits per heavy atom. The lowest BCUT2D eigenvalue weighted by atomic mass is 9.94. The van der Waals surface area contributed by atoms with Gasteiger partial charge in [0.1, 0.15) is 0 Å². The van der Waals surface area contributed by atoms with Gasteiger partial charge in [-0.3, -0.25) is 0 Å². The molecule has 1 unspecified atom stereocenters. The Morgan fingerprint density at radius 3 is 2.67 bits per heavy atom. The highest BCUT2D eigenvalue weighted by Crippen LogP contribution is 2.27. The molecule has 2 nitrogen and oxygen atoms in total. The van der Waals surface area contributed by atoms with Crippen LogP contribution in [0.1, 0.15) is 17.2 Å². The number of ether oxygens (including phenoxy) is 1. The van der Waals surface area contributed by atoms with Gasteiger partial charge < -0.3 is 10.5 Å². The Kier molecular flexibility index (Phi) is 3.13.